The summed E-state index contributed by atoms with van der Waals surface area (Å²) in [5.74, 6) is 0.443. The third-order valence-corrected chi connectivity index (χ3v) is 4.47. The molecule has 1 saturated carbocycles. The number of amides is 2. The minimum Gasteiger partial charge on any atom is -0.351 e. The van der Waals surface area contributed by atoms with Gasteiger partial charge in [-0.25, -0.2) is 4.79 Å². The zero-order valence-corrected chi connectivity index (χ0v) is 13.6. The summed E-state index contributed by atoms with van der Waals surface area (Å²) < 4.78 is 0.879. The van der Waals surface area contributed by atoms with E-state index in [4.69, 9.17) is 5.73 Å². The minimum atomic E-state index is -0.445. The molecule has 1 aliphatic rings. The number of benzene rings is 1. The van der Waals surface area contributed by atoms with Gasteiger partial charge in [-0.15, -0.1) is 10.2 Å². The normalized spacial score (nSPS) is 15.7. The number of hydrogen-bond acceptors (Lipinski definition) is 4. The molecule has 0 aliphatic heterocycles. The first-order chi connectivity index (χ1) is 10.7. The van der Waals surface area contributed by atoms with Crippen LogP contribution in [0.1, 0.15) is 32.1 Å². The number of nitrogens with one attached hydrogen (secondary N) is 1. The van der Waals surface area contributed by atoms with Crippen LogP contribution in [0.3, 0.4) is 0 Å². The Hall–Kier alpha value is -1.96. The molecule has 8 heteroatoms. The van der Waals surface area contributed by atoms with Gasteiger partial charge in [-0.05, 0) is 36.3 Å². The largest absolute Gasteiger partial charge is 0.351 e. The molecule has 1 aromatic carbocycles. The molecule has 22 heavy (non-hydrogen) atoms. The van der Waals surface area contributed by atoms with Crippen molar-refractivity contribution in [3.8, 4) is 11.4 Å². The third-order valence-electron chi connectivity index (χ3n) is 3.98. The number of primary amides is 1. The monoisotopic (exact) mass is 364 g/mol. The molecule has 3 N–H and O–H groups in total. The highest BCUT2D eigenvalue weighted by molar-refractivity contribution is 9.10. The fourth-order valence-corrected chi connectivity index (χ4v) is 3.37. The first kappa shape index (κ1) is 15.0. The molecule has 2 amide bonds. The molecule has 0 saturated heterocycles. The van der Waals surface area contributed by atoms with E-state index in [1.54, 1.807) is 4.90 Å². The van der Waals surface area contributed by atoms with E-state index in [1.807, 2.05) is 18.2 Å². The number of H-pyrrole nitrogens is 1. The molecule has 7 nitrogen and oxygen atoms in total. The number of aromatic nitrogens is 4. The van der Waals surface area contributed by atoms with Crippen LogP contribution in [0.5, 0.6) is 0 Å². The van der Waals surface area contributed by atoms with Crippen molar-refractivity contribution in [3.63, 3.8) is 0 Å². The lowest BCUT2D eigenvalue weighted by Gasteiger charge is -2.34. The zero-order valence-electron chi connectivity index (χ0n) is 12.0. The van der Waals surface area contributed by atoms with E-state index in [0.29, 0.717) is 5.82 Å². The second kappa shape index (κ2) is 6.43. The number of nitrogens with zero attached hydrogens (tertiary/aromatic N) is 4. The Morgan fingerprint density at radius 1 is 1.32 bits per heavy atom. The van der Waals surface area contributed by atoms with Crippen molar-refractivity contribution in [2.24, 2.45) is 5.73 Å². The number of halogens is 1. The van der Waals surface area contributed by atoms with Gasteiger partial charge in [0, 0.05) is 16.1 Å². The van der Waals surface area contributed by atoms with E-state index in [0.717, 1.165) is 41.4 Å². The van der Waals surface area contributed by atoms with Crippen LogP contribution < -0.4 is 10.6 Å². The Labute approximate surface area is 136 Å². The molecule has 0 atom stereocenters. The first-order valence-corrected chi connectivity index (χ1v) is 8.08. The average molecular weight is 365 g/mol. The predicted octanol–water partition coefficient (Wildman–Crippen LogP) is 2.85. The number of carbonyl (C=O) groups excluding carboxylic acids is 1. The standard InChI is InChI=1S/C14H17BrN6O/c15-9-6-7-12(11(8-9)13-17-19-20-18-13)21(14(16)22)10-4-2-1-3-5-10/h6-8,10H,1-5H2,(H2,16,22)(H,17,18,19,20). The minimum absolute atomic E-state index is 0.123. The van der Waals surface area contributed by atoms with Crippen LogP contribution in [0.25, 0.3) is 11.4 Å². The van der Waals surface area contributed by atoms with Gasteiger partial charge in [0.25, 0.3) is 0 Å². The van der Waals surface area contributed by atoms with Gasteiger partial charge in [-0.1, -0.05) is 35.2 Å². The zero-order chi connectivity index (χ0) is 15.5. The molecule has 0 unspecified atom stereocenters. The molecule has 1 aromatic heterocycles. The second-order valence-electron chi connectivity index (χ2n) is 5.40. The van der Waals surface area contributed by atoms with Crippen LogP contribution in [0.4, 0.5) is 10.5 Å². The van der Waals surface area contributed by atoms with E-state index in [9.17, 15) is 4.79 Å². The summed E-state index contributed by atoms with van der Waals surface area (Å²) in [6.45, 7) is 0. The lowest BCUT2D eigenvalue weighted by molar-refractivity contribution is 0.249. The van der Waals surface area contributed by atoms with E-state index in [2.05, 4.69) is 36.6 Å². The van der Waals surface area contributed by atoms with Gasteiger partial charge in [-0.2, -0.15) is 5.21 Å². The molecule has 2 aromatic rings. The Kier molecular flexibility index (Phi) is 4.37. The highest BCUT2D eigenvalue weighted by Crippen LogP contribution is 2.35. The van der Waals surface area contributed by atoms with E-state index < -0.39 is 6.03 Å². The highest BCUT2D eigenvalue weighted by Gasteiger charge is 2.28. The lowest BCUT2D eigenvalue weighted by Crippen LogP contribution is -2.45. The molecule has 0 spiro atoms. The smallest absolute Gasteiger partial charge is 0.319 e. The Morgan fingerprint density at radius 3 is 2.73 bits per heavy atom. The molecule has 1 heterocycles. The van der Waals surface area contributed by atoms with E-state index in [-0.39, 0.29) is 6.04 Å². The quantitative estimate of drug-likeness (QED) is 0.873. The van der Waals surface area contributed by atoms with Gasteiger partial charge in [0.1, 0.15) is 0 Å². The van der Waals surface area contributed by atoms with Gasteiger partial charge >= 0.3 is 6.03 Å². The number of rotatable bonds is 3. The van der Waals surface area contributed by atoms with Gasteiger partial charge in [0.2, 0.25) is 5.82 Å². The molecule has 1 fully saturated rings. The van der Waals surface area contributed by atoms with Gasteiger partial charge in [0.15, 0.2) is 0 Å². The predicted molar refractivity (Wildman–Crippen MR) is 86.2 cm³/mol. The van der Waals surface area contributed by atoms with Crippen LogP contribution in [-0.4, -0.2) is 32.7 Å². The fourth-order valence-electron chi connectivity index (χ4n) is 3.01. The van der Waals surface area contributed by atoms with Crippen molar-refractivity contribution in [2.75, 3.05) is 4.90 Å². The fraction of sp³-hybridized carbons (Fsp3) is 0.429. The highest BCUT2D eigenvalue weighted by atomic mass is 79.9. The van der Waals surface area contributed by atoms with Crippen molar-refractivity contribution < 1.29 is 4.79 Å². The van der Waals surface area contributed by atoms with Crippen molar-refractivity contribution in [3.05, 3.63) is 22.7 Å². The molecule has 0 radical (unpaired) electrons. The maximum absolute atomic E-state index is 12.1. The molecular weight excluding hydrogens is 348 g/mol. The number of nitrogens with two attached hydrogens (primary N) is 1. The first-order valence-electron chi connectivity index (χ1n) is 7.29. The van der Waals surface area contributed by atoms with E-state index in [1.165, 1.54) is 6.42 Å². The number of hydrogen-bond donors (Lipinski definition) is 2. The number of carbonyl (C=O) groups is 1. The molecule has 116 valence electrons. The summed E-state index contributed by atoms with van der Waals surface area (Å²) in [4.78, 5) is 13.8. The average Bonchev–Trinajstić information content (AvgIpc) is 3.04. The third kappa shape index (κ3) is 2.96. The van der Waals surface area contributed by atoms with Crippen LogP contribution in [0.15, 0.2) is 22.7 Å². The maximum Gasteiger partial charge on any atom is 0.319 e. The Morgan fingerprint density at radius 2 is 2.09 bits per heavy atom. The van der Waals surface area contributed by atoms with Crippen LogP contribution in [-0.2, 0) is 0 Å². The lowest BCUT2D eigenvalue weighted by atomic mass is 9.93. The van der Waals surface area contributed by atoms with Crippen LogP contribution >= 0.6 is 15.9 Å². The summed E-state index contributed by atoms with van der Waals surface area (Å²) in [7, 11) is 0. The SMILES string of the molecule is NC(=O)N(c1ccc(Br)cc1-c1nn[nH]n1)C1CCCCC1. The molecular formula is C14H17BrN6O. The summed E-state index contributed by atoms with van der Waals surface area (Å²) >= 11 is 3.44. The van der Waals surface area contributed by atoms with Crippen LogP contribution in [0, 0.1) is 0 Å². The number of urea groups is 1. The molecule has 1 aliphatic carbocycles. The van der Waals surface area contributed by atoms with Gasteiger partial charge in [0.05, 0.1) is 5.69 Å². The van der Waals surface area contributed by atoms with E-state index >= 15 is 0 Å². The van der Waals surface area contributed by atoms with Crippen molar-refractivity contribution in [1.29, 1.82) is 0 Å². The summed E-state index contributed by atoms with van der Waals surface area (Å²) in [5.41, 5.74) is 7.13. The Bertz CT molecular complexity index is 653. The van der Waals surface area contributed by atoms with Crippen molar-refractivity contribution >= 4 is 27.6 Å². The number of tetrazole rings is 1. The van der Waals surface area contributed by atoms with Gasteiger partial charge < -0.3 is 5.73 Å². The summed E-state index contributed by atoms with van der Waals surface area (Å²) in [6, 6.07) is 5.31. The summed E-state index contributed by atoms with van der Waals surface area (Å²) in [5, 5.41) is 14.1. The van der Waals surface area contributed by atoms with Gasteiger partial charge in [-0.3, -0.25) is 4.90 Å². The summed E-state index contributed by atoms with van der Waals surface area (Å²) in [6.07, 6.45) is 5.36. The molecule has 0 bridgehead atoms. The Balaban J connectivity index is 2.06. The van der Waals surface area contributed by atoms with Crippen molar-refractivity contribution in [1.82, 2.24) is 20.6 Å². The van der Waals surface area contributed by atoms with Crippen LogP contribution in [0.2, 0.25) is 0 Å². The van der Waals surface area contributed by atoms with Crippen molar-refractivity contribution in [2.45, 2.75) is 38.1 Å². The second-order valence-corrected chi connectivity index (χ2v) is 6.31. The number of anilines is 1. The molecule has 3 rings (SSSR count). The number of aromatic amines is 1. The maximum atomic E-state index is 12.1. The topological polar surface area (TPSA) is 101 Å².